The van der Waals surface area contributed by atoms with Crippen LogP contribution in [0.1, 0.15) is 33.8 Å². The van der Waals surface area contributed by atoms with Crippen LogP contribution in [0, 0.1) is 0 Å². The van der Waals surface area contributed by atoms with Gasteiger partial charge in [0.15, 0.2) is 0 Å². The molecule has 2 aromatic carbocycles. The van der Waals surface area contributed by atoms with E-state index in [0.29, 0.717) is 32.1 Å². The second-order valence-corrected chi connectivity index (χ2v) is 8.31. The number of H-pyrrole nitrogens is 1. The summed E-state index contributed by atoms with van der Waals surface area (Å²) < 4.78 is 0. The molecule has 1 aromatic heterocycles. The lowest BCUT2D eigenvalue weighted by Gasteiger charge is -2.39. The van der Waals surface area contributed by atoms with Crippen molar-refractivity contribution in [3.8, 4) is 0 Å². The van der Waals surface area contributed by atoms with Gasteiger partial charge in [0.05, 0.1) is 23.1 Å². The summed E-state index contributed by atoms with van der Waals surface area (Å²) in [5.74, 6) is -0.603. The van der Waals surface area contributed by atoms with Crippen LogP contribution in [0.2, 0.25) is 0 Å². The number of benzene rings is 2. The highest BCUT2D eigenvalue weighted by atomic mass is 16.4. The summed E-state index contributed by atoms with van der Waals surface area (Å²) in [5, 5.41) is 16.0. The second kappa shape index (κ2) is 8.37. The Bertz CT molecular complexity index is 1110. The first-order valence-electron chi connectivity index (χ1n) is 10.8. The fraction of sp³-hybridized carbons (Fsp3) is 0.292. The molecule has 32 heavy (non-hydrogen) atoms. The molecule has 0 spiro atoms. The molecule has 5 rings (SSSR count). The van der Waals surface area contributed by atoms with Crippen LogP contribution in [0.5, 0.6) is 0 Å². The van der Waals surface area contributed by atoms with Crippen LogP contribution in [-0.2, 0) is 6.54 Å². The zero-order chi connectivity index (χ0) is 22.1. The number of fused-ring (bicyclic) bond motifs is 1. The van der Waals surface area contributed by atoms with Crippen molar-refractivity contribution in [1.82, 2.24) is 15.1 Å². The van der Waals surface area contributed by atoms with E-state index in [0.717, 1.165) is 35.5 Å². The van der Waals surface area contributed by atoms with Crippen LogP contribution in [0.4, 0.5) is 16.2 Å². The molecule has 0 saturated carbocycles. The van der Waals surface area contributed by atoms with Crippen molar-refractivity contribution >= 4 is 23.4 Å². The van der Waals surface area contributed by atoms with E-state index in [2.05, 4.69) is 15.1 Å². The average Bonchev–Trinajstić information content (AvgIpc) is 3.51. The van der Waals surface area contributed by atoms with Gasteiger partial charge in [-0.3, -0.25) is 10.00 Å². The fourth-order valence-corrected chi connectivity index (χ4v) is 4.62. The lowest BCUT2D eigenvalue weighted by atomic mass is 10.0. The van der Waals surface area contributed by atoms with Crippen molar-refractivity contribution in [2.45, 2.75) is 18.9 Å². The van der Waals surface area contributed by atoms with Gasteiger partial charge in [-0.25, -0.2) is 9.59 Å². The van der Waals surface area contributed by atoms with E-state index in [9.17, 15) is 9.59 Å². The van der Waals surface area contributed by atoms with Crippen LogP contribution in [0.25, 0.3) is 0 Å². The van der Waals surface area contributed by atoms with E-state index in [1.807, 2.05) is 58.6 Å². The summed E-state index contributed by atoms with van der Waals surface area (Å²) in [4.78, 5) is 30.6. The number of aromatic nitrogens is 2. The third-order valence-electron chi connectivity index (χ3n) is 6.36. The minimum Gasteiger partial charge on any atom is -0.478 e. The topological polar surface area (TPSA) is 92.8 Å². The van der Waals surface area contributed by atoms with Crippen molar-refractivity contribution in [1.29, 1.82) is 0 Å². The number of urea groups is 1. The Morgan fingerprint density at radius 3 is 2.53 bits per heavy atom. The molecule has 8 heteroatoms. The van der Waals surface area contributed by atoms with Gasteiger partial charge in [-0.1, -0.05) is 24.3 Å². The quantitative estimate of drug-likeness (QED) is 0.659. The van der Waals surface area contributed by atoms with Crippen molar-refractivity contribution in [3.63, 3.8) is 0 Å². The maximum absolute atomic E-state index is 13.4. The van der Waals surface area contributed by atoms with Gasteiger partial charge in [-0.05, 0) is 41.8 Å². The Morgan fingerprint density at radius 1 is 1.03 bits per heavy atom. The molecule has 1 saturated heterocycles. The van der Waals surface area contributed by atoms with Gasteiger partial charge >= 0.3 is 12.0 Å². The molecule has 1 atom stereocenters. The predicted molar refractivity (Wildman–Crippen MR) is 121 cm³/mol. The number of hydrogen-bond donors (Lipinski definition) is 2. The molecule has 0 radical (unpaired) electrons. The van der Waals surface area contributed by atoms with Gasteiger partial charge in [0.25, 0.3) is 0 Å². The van der Waals surface area contributed by atoms with Crippen molar-refractivity contribution in [2.75, 3.05) is 36.0 Å². The van der Waals surface area contributed by atoms with Gasteiger partial charge in [0, 0.05) is 44.8 Å². The van der Waals surface area contributed by atoms with E-state index < -0.39 is 5.97 Å². The Balaban J connectivity index is 1.32. The Hall–Kier alpha value is -3.81. The number of likely N-dealkylation sites (tertiary alicyclic amines) is 1. The van der Waals surface area contributed by atoms with E-state index in [1.165, 1.54) is 0 Å². The number of carbonyl (C=O) groups excluding carboxylic acids is 1. The van der Waals surface area contributed by atoms with Crippen molar-refractivity contribution < 1.29 is 14.7 Å². The Morgan fingerprint density at radius 2 is 1.81 bits per heavy atom. The molecule has 2 N–H and O–H groups in total. The van der Waals surface area contributed by atoms with E-state index in [-0.39, 0.29) is 11.6 Å². The number of carboxylic acids is 1. The molecule has 1 unspecified atom stereocenters. The summed E-state index contributed by atoms with van der Waals surface area (Å²) >= 11 is 0. The summed E-state index contributed by atoms with van der Waals surface area (Å²) in [6, 6.07) is 15.0. The second-order valence-electron chi connectivity index (χ2n) is 8.31. The average molecular weight is 431 g/mol. The lowest BCUT2D eigenvalue weighted by molar-refractivity contribution is 0.0697. The third kappa shape index (κ3) is 3.79. The SMILES string of the molecule is O=C(O)c1ccc(CN2CCN(C(=O)N3CCC(c4cn[nH]c4)C3)c3ccccc32)cc1. The summed E-state index contributed by atoms with van der Waals surface area (Å²) in [5.41, 5.74) is 4.40. The number of carbonyl (C=O) groups is 2. The van der Waals surface area contributed by atoms with Gasteiger partial charge in [0.1, 0.15) is 0 Å². The highest BCUT2D eigenvalue weighted by Crippen LogP contribution is 2.36. The van der Waals surface area contributed by atoms with Crippen LogP contribution in [0.3, 0.4) is 0 Å². The molecular weight excluding hydrogens is 406 g/mol. The normalized spacial score (nSPS) is 18.0. The molecule has 1 fully saturated rings. The molecule has 164 valence electrons. The minimum absolute atomic E-state index is 0.0499. The van der Waals surface area contributed by atoms with Crippen LogP contribution in [0.15, 0.2) is 60.9 Å². The van der Waals surface area contributed by atoms with Crippen molar-refractivity contribution in [3.05, 3.63) is 77.6 Å². The molecule has 8 nitrogen and oxygen atoms in total. The lowest BCUT2D eigenvalue weighted by Crippen LogP contribution is -2.49. The Kier molecular flexibility index (Phi) is 5.26. The molecule has 2 aliphatic heterocycles. The number of carboxylic acid groups (broad SMARTS) is 1. The highest BCUT2D eigenvalue weighted by molar-refractivity contribution is 5.97. The Labute approximate surface area is 186 Å². The van der Waals surface area contributed by atoms with Gasteiger partial charge in [0.2, 0.25) is 0 Å². The zero-order valence-electron chi connectivity index (χ0n) is 17.6. The number of aromatic amines is 1. The maximum Gasteiger partial charge on any atom is 0.335 e. The molecule has 2 amide bonds. The monoisotopic (exact) mass is 431 g/mol. The standard InChI is InChI=1S/C24H25N5O3/c30-23(31)18-7-5-17(6-8-18)15-27-11-12-29(22-4-2-1-3-21(22)27)24(32)28-10-9-19(16-28)20-13-25-26-14-20/h1-8,13-14,19H,9-12,15-16H2,(H,25,26)(H,30,31). The van der Waals surface area contributed by atoms with E-state index >= 15 is 0 Å². The fourth-order valence-electron chi connectivity index (χ4n) is 4.62. The molecular formula is C24H25N5O3. The maximum atomic E-state index is 13.4. The predicted octanol–water partition coefficient (Wildman–Crippen LogP) is 3.54. The van der Waals surface area contributed by atoms with Gasteiger partial charge in [-0.2, -0.15) is 5.10 Å². The number of aromatic carboxylic acids is 1. The molecule has 0 aliphatic carbocycles. The summed E-state index contributed by atoms with van der Waals surface area (Å²) in [7, 11) is 0. The molecule has 2 aliphatic rings. The highest BCUT2D eigenvalue weighted by Gasteiger charge is 2.34. The van der Waals surface area contributed by atoms with Crippen molar-refractivity contribution in [2.24, 2.45) is 0 Å². The first kappa shape index (κ1) is 20.1. The van der Waals surface area contributed by atoms with Crippen LogP contribution in [-0.4, -0.2) is 58.4 Å². The summed E-state index contributed by atoms with van der Waals surface area (Å²) in [6.07, 6.45) is 4.70. The first-order valence-corrected chi connectivity index (χ1v) is 10.8. The van der Waals surface area contributed by atoms with Crippen LogP contribution < -0.4 is 9.80 Å². The molecule has 3 aromatic rings. The zero-order valence-corrected chi connectivity index (χ0v) is 17.6. The molecule has 0 bridgehead atoms. The van der Waals surface area contributed by atoms with Gasteiger partial charge < -0.3 is 14.9 Å². The smallest absolute Gasteiger partial charge is 0.335 e. The number of hydrogen-bond acceptors (Lipinski definition) is 4. The number of rotatable bonds is 4. The summed E-state index contributed by atoms with van der Waals surface area (Å²) in [6.45, 7) is 3.42. The number of anilines is 2. The number of amides is 2. The number of nitrogens with one attached hydrogen (secondary N) is 1. The third-order valence-corrected chi connectivity index (χ3v) is 6.36. The van der Waals surface area contributed by atoms with Crippen LogP contribution >= 0.6 is 0 Å². The number of para-hydroxylation sites is 2. The minimum atomic E-state index is -0.925. The van der Waals surface area contributed by atoms with Gasteiger partial charge in [-0.15, -0.1) is 0 Å². The van der Waals surface area contributed by atoms with E-state index in [4.69, 9.17) is 5.11 Å². The van der Waals surface area contributed by atoms with E-state index in [1.54, 1.807) is 12.1 Å². The number of nitrogens with zero attached hydrogens (tertiary/aromatic N) is 4. The first-order chi connectivity index (χ1) is 15.6. The largest absolute Gasteiger partial charge is 0.478 e. The molecule has 3 heterocycles.